The van der Waals surface area contributed by atoms with Crippen LogP contribution in [-0.2, 0) is 11.3 Å². The molecule has 0 aromatic heterocycles. The summed E-state index contributed by atoms with van der Waals surface area (Å²) in [6.07, 6.45) is -1.79. The van der Waals surface area contributed by atoms with Gasteiger partial charge in [-0.25, -0.2) is 0 Å². The molecule has 1 aliphatic heterocycles. The Labute approximate surface area is 179 Å². The second-order valence-corrected chi connectivity index (χ2v) is 8.59. The van der Waals surface area contributed by atoms with E-state index < -0.39 is 24.2 Å². The summed E-state index contributed by atoms with van der Waals surface area (Å²) in [6.45, 7) is 0.329. The maximum absolute atomic E-state index is 13.0. The Morgan fingerprint density at radius 1 is 1.17 bits per heavy atom. The Hall–Kier alpha value is -2.55. The minimum atomic E-state index is -0.992. The van der Waals surface area contributed by atoms with Gasteiger partial charge >= 0.3 is 0 Å². The van der Waals surface area contributed by atoms with Gasteiger partial charge in [0.15, 0.2) is 5.17 Å². The molecular weight excluding hydrogens is 402 g/mol. The molecule has 30 heavy (non-hydrogen) atoms. The highest BCUT2D eigenvalue weighted by molar-refractivity contribution is 8.15. The maximum Gasteiger partial charge on any atom is 0.224 e. The second kappa shape index (κ2) is 9.07. The number of ether oxygens (including phenoxy) is 1. The molecular formula is C22H25N3O4S. The first-order valence-corrected chi connectivity index (χ1v) is 10.8. The van der Waals surface area contributed by atoms with Gasteiger partial charge in [-0.1, -0.05) is 48.2 Å². The molecule has 2 aromatic carbocycles. The smallest absolute Gasteiger partial charge is 0.224 e. The molecule has 5 atom stereocenters. The number of aliphatic hydroxyl groups excluding tert-OH is 2. The zero-order valence-corrected chi connectivity index (χ0v) is 17.4. The molecule has 0 unspecified atom stereocenters. The summed E-state index contributed by atoms with van der Waals surface area (Å²) >= 11 is 1.44. The van der Waals surface area contributed by atoms with Gasteiger partial charge in [-0.3, -0.25) is 9.79 Å². The monoisotopic (exact) mass is 427 g/mol. The number of benzene rings is 2. The third-order valence-electron chi connectivity index (χ3n) is 5.49. The number of carbonyl (C=O) groups is 1. The largest absolute Gasteiger partial charge is 0.496 e. The average molecular weight is 428 g/mol. The molecule has 1 amide bonds. The molecule has 7 nitrogen and oxygen atoms in total. The van der Waals surface area contributed by atoms with Crippen LogP contribution in [0.15, 0.2) is 59.6 Å². The van der Waals surface area contributed by atoms with E-state index >= 15 is 0 Å². The molecule has 0 saturated heterocycles. The predicted octanol–water partition coefficient (Wildman–Crippen LogP) is 2.01. The molecule has 1 saturated carbocycles. The minimum absolute atomic E-state index is 0.162. The third-order valence-corrected chi connectivity index (χ3v) is 6.80. The first kappa shape index (κ1) is 20.7. The van der Waals surface area contributed by atoms with E-state index in [0.717, 1.165) is 11.3 Å². The highest BCUT2D eigenvalue weighted by atomic mass is 32.2. The fourth-order valence-corrected chi connectivity index (χ4v) is 5.29. The van der Waals surface area contributed by atoms with Crippen LogP contribution in [0.2, 0.25) is 0 Å². The fourth-order valence-electron chi connectivity index (χ4n) is 3.92. The number of methoxy groups -OCH3 is 1. The van der Waals surface area contributed by atoms with Gasteiger partial charge in [0.05, 0.1) is 25.2 Å². The molecule has 1 aliphatic carbocycles. The van der Waals surface area contributed by atoms with Gasteiger partial charge < -0.3 is 25.6 Å². The van der Waals surface area contributed by atoms with Crippen LogP contribution in [0.1, 0.15) is 12.0 Å². The summed E-state index contributed by atoms with van der Waals surface area (Å²) in [4.78, 5) is 17.6. The van der Waals surface area contributed by atoms with Crippen molar-refractivity contribution < 1.29 is 19.7 Å². The van der Waals surface area contributed by atoms with Gasteiger partial charge in [-0.2, -0.15) is 0 Å². The number of aliphatic imine (C=N–C) groups is 1. The lowest BCUT2D eigenvalue weighted by atomic mass is 9.81. The number of hydrogen-bond acceptors (Lipinski definition) is 7. The zero-order chi connectivity index (χ0) is 21.1. The molecule has 0 spiro atoms. The molecule has 158 valence electrons. The van der Waals surface area contributed by atoms with Crippen molar-refractivity contribution in [3.05, 3.63) is 60.2 Å². The van der Waals surface area contributed by atoms with E-state index in [4.69, 9.17) is 4.74 Å². The number of nitrogens with zero attached hydrogens (tertiary/aromatic N) is 1. The molecule has 0 radical (unpaired) electrons. The maximum atomic E-state index is 13.0. The van der Waals surface area contributed by atoms with Gasteiger partial charge in [-0.15, -0.1) is 0 Å². The SMILES string of the molecule is COc1ccccc1CNC(=O)[C@H]1C[C@@H](O)[C@H](O)[C@@H]2N=C(Nc3ccccc3)S[C@@H]21. The van der Waals surface area contributed by atoms with Gasteiger partial charge in [-0.05, 0) is 24.6 Å². The normalized spacial score (nSPS) is 27.7. The lowest BCUT2D eigenvalue weighted by Gasteiger charge is -2.37. The van der Waals surface area contributed by atoms with Crippen LogP contribution in [0.4, 0.5) is 5.69 Å². The van der Waals surface area contributed by atoms with Crippen LogP contribution < -0.4 is 15.4 Å². The summed E-state index contributed by atoms with van der Waals surface area (Å²) in [5.41, 5.74) is 1.76. The number of hydrogen-bond donors (Lipinski definition) is 4. The van der Waals surface area contributed by atoms with Crippen LogP contribution in [-0.4, -0.2) is 51.9 Å². The second-order valence-electron chi connectivity index (χ2n) is 7.43. The third kappa shape index (κ3) is 4.30. The Morgan fingerprint density at radius 2 is 1.90 bits per heavy atom. The van der Waals surface area contributed by atoms with Crippen LogP contribution in [0.25, 0.3) is 0 Å². The molecule has 1 heterocycles. The van der Waals surface area contributed by atoms with Crippen molar-refractivity contribution >= 4 is 28.5 Å². The fraction of sp³-hybridized carbons (Fsp3) is 0.364. The number of carbonyl (C=O) groups excluding carboxylic acids is 1. The van der Waals surface area contributed by atoms with E-state index in [1.165, 1.54) is 11.8 Å². The summed E-state index contributed by atoms with van der Waals surface area (Å²) in [5.74, 6) is 0.0835. The van der Waals surface area contributed by atoms with Crippen LogP contribution >= 0.6 is 11.8 Å². The highest BCUT2D eigenvalue weighted by Crippen LogP contribution is 2.41. The van der Waals surface area contributed by atoms with E-state index in [1.54, 1.807) is 7.11 Å². The summed E-state index contributed by atoms with van der Waals surface area (Å²) < 4.78 is 5.34. The number of amidine groups is 1. The number of thioether (sulfide) groups is 1. The average Bonchev–Trinajstić information content (AvgIpc) is 3.19. The van der Waals surface area contributed by atoms with Gasteiger partial charge in [0.2, 0.25) is 5.91 Å². The summed E-state index contributed by atoms with van der Waals surface area (Å²) in [7, 11) is 1.60. The van der Waals surface area contributed by atoms with Crippen molar-refractivity contribution in [2.75, 3.05) is 12.4 Å². The molecule has 8 heteroatoms. The number of aliphatic hydroxyl groups is 2. The van der Waals surface area contributed by atoms with Gasteiger partial charge in [0, 0.05) is 23.0 Å². The van der Waals surface area contributed by atoms with Crippen LogP contribution in [0.3, 0.4) is 0 Å². The quantitative estimate of drug-likeness (QED) is 0.582. The Balaban J connectivity index is 1.45. The van der Waals surface area contributed by atoms with E-state index in [2.05, 4.69) is 15.6 Å². The first-order valence-electron chi connectivity index (χ1n) is 9.89. The molecule has 2 aliphatic rings. The lowest BCUT2D eigenvalue weighted by Crippen LogP contribution is -2.53. The van der Waals surface area contributed by atoms with E-state index in [-0.39, 0.29) is 17.6 Å². The molecule has 4 N–H and O–H groups in total. The lowest BCUT2D eigenvalue weighted by molar-refractivity contribution is -0.129. The predicted molar refractivity (Wildman–Crippen MR) is 118 cm³/mol. The van der Waals surface area contributed by atoms with Crippen molar-refractivity contribution in [2.24, 2.45) is 10.9 Å². The van der Waals surface area contributed by atoms with Crippen LogP contribution in [0.5, 0.6) is 5.75 Å². The summed E-state index contributed by atoms with van der Waals surface area (Å²) in [5, 5.41) is 27.4. The standard InChI is InChI=1S/C22H25N3O4S/c1-29-17-10-6-5-7-13(17)12-23-21(28)15-11-16(26)19(27)18-20(15)30-22(25-18)24-14-8-3-2-4-9-14/h2-10,15-16,18-20,26-27H,11-12H2,1H3,(H,23,28)(H,24,25)/t15-,16+,18-,19-,20+/m0/s1. The highest BCUT2D eigenvalue weighted by Gasteiger charge is 2.50. The number of rotatable bonds is 5. The van der Waals surface area contributed by atoms with Gasteiger partial charge in [0.25, 0.3) is 0 Å². The topological polar surface area (TPSA) is 103 Å². The van der Waals surface area contributed by atoms with E-state index in [0.29, 0.717) is 17.5 Å². The molecule has 1 fully saturated rings. The van der Waals surface area contributed by atoms with Crippen molar-refractivity contribution in [3.8, 4) is 5.75 Å². The van der Waals surface area contributed by atoms with Crippen molar-refractivity contribution in [1.29, 1.82) is 0 Å². The van der Waals surface area contributed by atoms with E-state index in [1.807, 2.05) is 54.6 Å². The zero-order valence-electron chi connectivity index (χ0n) is 16.6. The molecule has 2 aromatic rings. The Morgan fingerprint density at radius 3 is 2.67 bits per heavy atom. The van der Waals surface area contributed by atoms with Crippen LogP contribution in [0, 0.1) is 5.92 Å². The molecule has 0 bridgehead atoms. The number of nitrogens with one attached hydrogen (secondary N) is 2. The van der Waals surface area contributed by atoms with Crippen molar-refractivity contribution in [2.45, 2.75) is 36.5 Å². The number of amides is 1. The van der Waals surface area contributed by atoms with E-state index in [9.17, 15) is 15.0 Å². The minimum Gasteiger partial charge on any atom is -0.496 e. The number of para-hydroxylation sites is 2. The molecule has 4 rings (SSSR count). The number of fused-ring (bicyclic) bond motifs is 1. The summed E-state index contributed by atoms with van der Waals surface area (Å²) in [6, 6.07) is 16.6. The first-order chi connectivity index (χ1) is 14.6. The Bertz CT molecular complexity index is 924. The van der Waals surface area contributed by atoms with Gasteiger partial charge in [0.1, 0.15) is 11.9 Å². The van der Waals surface area contributed by atoms with Crippen molar-refractivity contribution in [1.82, 2.24) is 5.32 Å². The Kier molecular flexibility index (Phi) is 6.26. The van der Waals surface area contributed by atoms with Crippen molar-refractivity contribution in [3.63, 3.8) is 0 Å². The number of anilines is 1.